The quantitative estimate of drug-likeness (QED) is 0.730. The Morgan fingerprint density at radius 3 is 2.58 bits per heavy atom. The Balaban J connectivity index is 2.37. The van der Waals surface area contributed by atoms with Crippen LogP contribution in [-0.2, 0) is 4.74 Å². The molecule has 1 aliphatic heterocycles. The molecule has 0 unspecified atom stereocenters. The van der Waals surface area contributed by atoms with Gasteiger partial charge in [0.1, 0.15) is 0 Å². The van der Waals surface area contributed by atoms with Crippen LogP contribution in [0.1, 0.15) is 26.2 Å². The highest BCUT2D eigenvalue weighted by molar-refractivity contribution is 8.00. The van der Waals surface area contributed by atoms with Gasteiger partial charge in [-0.3, -0.25) is 0 Å². The van der Waals surface area contributed by atoms with Crippen LogP contribution in [0.5, 0.6) is 0 Å². The monoisotopic (exact) mass is 189 g/mol. The van der Waals surface area contributed by atoms with E-state index in [1.54, 1.807) is 0 Å². The Kier molecular flexibility index (Phi) is 4.40. The van der Waals surface area contributed by atoms with Crippen LogP contribution in [0.15, 0.2) is 0 Å². The van der Waals surface area contributed by atoms with Crippen LogP contribution in [-0.4, -0.2) is 30.3 Å². The Morgan fingerprint density at radius 1 is 1.42 bits per heavy atom. The van der Waals surface area contributed by atoms with E-state index in [1.165, 1.54) is 12.2 Å². The first-order valence-corrected chi connectivity index (χ1v) is 5.73. The van der Waals surface area contributed by atoms with E-state index in [-0.39, 0.29) is 0 Å². The van der Waals surface area contributed by atoms with Gasteiger partial charge in [-0.25, -0.2) is 0 Å². The highest BCUT2D eigenvalue weighted by atomic mass is 32.2. The lowest BCUT2D eigenvalue weighted by atomic mass is 9.99. The predicted octanol–water partition coefficient (Wildman–Crippen LogP) is 1.64. The molecule has 3 heteroatoms. The summed E-state index contributed by atoms with van der Waals surface area (Å²) in [5, 5.41) is 0. The molecule has 2 nitrogen and oxygen atoms in total. The van der Waals surface area contributed by atoms with Gasteiger partial charge in [0.05, 0.1) is 0 Å². The summed E-state index contributed by atoms with van der Waals surface area (Å²) < 4.78 is 5.68. The molecule has 1 saturated heterocycles. The Morgan fingerprint density at radius 2 is 2.08 bits per heavy atom. The number of hydrogen-bond donors (Lipinski definition) is 1. The maximum absolute atomic E-state index is 5.80. The standard InChI is InChI=1S/C9H19NOS/c1-2-7-12-9(8-10)3-5-11-6-4-9/h2-8,10H2,1H3. The van der Waals surface area contributed by atoms with Gasteiger partial charge in [0.2, 0.25) is 0 Å². The van der Waals surface area contributed by atoms with Gasteiger partial charge in [-0.15, -0.1) is 0 Å². The lowest BCUT2D eigenvalue weighted by Crippen LogP contribution is -2.40. The average Bonchev–Trinajstić information content (AvgIpc) is 2.16. The highest BCUT2D eigenvalue weighted by Gasteiger charge is 2.30. The van der Waals surface area contributed by atoms with Gasteiger partial charge in [0, 0.05) is 24.5 Å². The SMILES string of the molecule is CCCSC1(CN)CCOCC1. The molecule has 0 aliphatic carbocycles. The van der Waals surface area contributed by atoms with E-state index in [0.717, 1.165) is 32.6 Å². The second-order valence-electron chi connectivity index (χ2n) is 3.35. The summed E-state index contributed by atoms with van der Waals surface area (Å²) in [5.41, 5.74) is 5.80. The first-order chi connectivity index (χ1) is 5.83. The van der Waals surface area contributed by atoms with Crippen LogP contribution >= 0.6 is 11.8 Å². The molecule has 0 aromatic rings. The van der Waals surface area contributed by atoms with Crippen molar-refractivity contribution in [2.75, 3.05) is 25.5 Å². The molecule has 0 bridgehead atoms. The molecule has 1 aliphatic rings. The molecule has 1 rings (SSSR count). The van der Waals surface area contributed by atoms with Crippen LogP contribution in [0, 0.1) is 0 Å². The van der Waals surface area contributed by atoms with E-state index in [1.807, 2.05) is 11.8 Å². The number of rotatable bonds is 4. The average molecular weight is 189 g/mol. The van der Waals surface area contributed by atoms with Gasteiger partial charge in [0.25, 0.3) is 0 Å². The van der Waals surface area contributed by atoms with Gasteiger partial charge in [-0.1, -0.05) is 6.92 Å². The van der Waals surface area contributed by atoms with Crippen LogP contribution in [0.3, 0.4) is 0 Å². The van der Waals surface area contributed by atoms with Crippen molar-refractivity contribution in [3.63, 3.8) is 0 Å². The van der Waals surface area contributed by atoms with Gasteiger partial charge >= 0.3 is 0 Å². The zero-order valence-corrected chi connectivity index (χ0v) is 8.66. The van der Waals surface area contributed by atoms with E-state index >= 15 is 0 Å². The second-order valence-corrected chi connectivity index (χ2v) is 4.91. The minimum atomic E-state index is 0.342. The fraction of sp³-hybridized carbons (Fsp3) is 1.00. The summed E-state index contributed by atoms with van der Waals surface area (Å²) >= 11 is 2.04. The Bertz CT molecular complexity index is 124. The third-order valence-corrected chi connectivity index (χ3v) is 4.19. The molecule has 2 N–H and O–H groups in total. The zero-order chi connectivity index (χ0) is 8.86. The molecule has 1 heterocycles. The first kappa shape index (κ1) is 10.4. The maximum atomic E-state index is 5.80. The fourth-order valence-corrected chi connectivity index (χ4v) is 2.68. The number of nitrogens with two attached hydrogens (primary N) is 1. The van der Waals surface area contributed by atoms with Crippen molar-refractivity contribution in [3.05, 3.63) is 0 Å². The fourth-order valence-electron chi connectivity index (χ4n) is 1.47. The summed E-state index contributed by atoms with van der Waals surface area (Å²) in [6.07, 6.45) is 3.51. The Labute approximate surface area is 79.2 Å². The number of hydrogen-bond acceptors (Lipinski definition) is 3. The van der Waals surface area contributed by atoms with Crippen LogP contribution in [0.2, 0.25) is 0 Å². The molecule has 0 atom stereocenters. The van der Waals surface area contributed by atoms with Crippen LogP contribution in [0.25, 0.3) is 0 Å². The van der Waals surface area contributed by atoms with Crippen molar-refractivity contribution in [1.82, 2.24) is 0 Å². The minimum absolute atomic E-state index is 0.342. The van der Waals surface area contributed by atoms with Crippen molar-refractivity contribution >= 4 is 11.8 Å². The molecule has 1 fully saturated rings. The van der Waals surface area contributed by atoms with E-state index in [0.29, 0.717) is 4.75 Å². The summed E-state index contributed by atoms with van der Waals surface area (Å²) in [4.78, 5) is 0. The predicted molar refractivity (Wildman–Crippen MR) is 54.6 cm³/mol. The van der Waals surface area contributed by atoms with Crippen molar-refractivity contribution in [2.45, 2.75) is 30.9 Å². The van der Waals surface area contributed by atoms with E-state index in [9.17, 15) is 0 Å². The summed E-state index contributed by atoms with van der Waals surface area (Å²) in [7, 11) is 0. The van der Waals surface area contributed by atoms with Crippen molar-refractivity contribution < 1.29 is 4.74 Å². The maximum Gasteiger partial charge on any atom is 0.0479 e. The summed E-state index contributed by atoms with van der Waals surface area (Å²) in [6, 6.07) is 0. The smallest absolute Gasteiger partial charge is 0.0479 e. The van der Waals surface area contributed by atoms with Gasteiger partial charge in [-0.05, 0) is 25.0 Å². The normalized spacial score (nSPS) is 22.5. The number of thioether (sulfide) groups is 1. The molecule has 0 amide bonds. The molecule has 72 valence electrons. The minimum Gasteiger partial charge on any atom is -0.381 e. The lowest BCUT2D eigenvalue weighted by molar-refractivity contribution is 0.0792. The van der Waals surface area contributed by atoms with Gasteiger partial charge in [-0.2, -0.15) is 11.8 Å². The zero-order valence-electron chi connectivity index (χ0n) is 7.84. The van der Waals surface area contributed by atoms with E-state index in [4.69, 9.17) is 10.5 Å². The molecular formula is C9H19NOS. The molecule has 0 aromatic carbocycles. The van der Waals surface area contributed by atoms with Gasteiger partial charge in [0.15, 0.2) is 0 Å². The van der Waals surface area contributed by atoms with Crippen LogP contribution < -0.4 is 5.73 Å². The molecule has 0 radical (unpaired) electrons. The molecule has 0 saturated carbocycles. The molecule has 0 spiro atoms. The third kappa shape index (κ3) is 2.64. The topological polar surface area (TPSA) is 35.2 Å². The van der Waals surface area contributed by atoms with Crippen molar-refractivity contribution in [1.29, 1.82) is 0 Å². The van der Waals surface area contributed by atoms with Crippen molar-refractivity contribution in [3.8, 4) is 0 Å². The lowest BCUT2D eigenvalue weighted by Gasteiger charge is -2.35. The number of ether oxygens (including phenoxy) is 1. The summed E-state index contributed by atoms with van der Waals surface area (Å²) in [5.74, 6) is 1.23. The third-order valence-electron chi connectivity index (χ3n) is 2.39. The molecular weight excluding hydrogens is 170 g/mol. The van der Waals surface area contributed by atoms with Crippen molar-refractivity contribution in [2.24, 2.45) is 5.73 Å². The molecule has 12 heavy (non-hydrogen) atoms. The Hall–Kier alpha value is 0.270. The highest BCUT2D eigenvalue weighted by Crippen LogP contribution is 2.34. The largest absolute Gasteiger partial charge is 0.381 e. The van der Waals surface area contributed by atoms with Crippen LogP contribution in [0.4, 0.5) is 0 Å². The molecule has 0 aromatic heterocycles. The van der Waals surface area contributed by atoms with E-state index in [2.05, 4.69) is 6.92 Å². The van der Waals surface area contributed by atoms with Gasteiger partial charge < -0.3 is 10.5 Å². The van der Waals surface area contributed by atoms with E-state index < -0.39 is 0 Å². The summed E-state index contributed by atoms with van der Waals surface area (Å²) in [6.45, 7) is 4.82. The second kappa shape index (κ2) is 5.10. The first-order valence-electron chi connectivity index (χ1n) is 4.75.